The van der Waals surface area contributed by atoms with Crippen molar-refractivity contribution in [3.63, 3.8) is 0 Å². The molecule has 0 saturated heterocycles. The average Bonchev–Trinajstić information content (AvgIpc) is 2.25. The molecule has 0 aliphatic carbocycles. The lowest BCUT2D eigenvalue weighted by Gasteiger charge is -2.08. The zero-order valence-electron chi connectivity index (χ0n) is 9.46. The second-order valence-electron chi connectivity index (χ2n) is 3.77. The van der Waals surface area contributed by atoms with Crippen LogP contribution in [0.2, 0.25) is 10.0 Å². The molecule has 0 bridgehead atoms. The Kier molecular flexibility index (Phi) is 3.22. The summed E-state index contributed by atoms with van der Waals surface area (Å²) in [6, 6.07) is 5.19. The summed E-state index contributed by atoms with van der Waals surface area (Å²) in [5.41, 5.74) is 8.28. The summed E-state index contributed by atoms with van der Waals surface area (Å²) in [6.45, 7) is 3.78. The molecule has 1 aromatic carbocycles. The van der Waals surface area contributed by atoms with E-state index in [9.17, 15) is 0 Å². The molecule has 0 saturated carbocycles. The molecule has 3 nitrogen and oxygen atoms in total. The first kappa shape index (κ1) is 12.1. The van der Waals surface area contributed by atoms with Crippen molar-refractivity contribution in [3.05, 3.63) is 39.5 Å². The van der Waals surface area contributed by atoms with Gasteiger partial charge in [-0.2, -0.15) is 0 Å². The van der Waals surface area contributed by atoms with Gasteiger partial charge in [-0.15, -0.1) is 0 Å². The van der Waals surface area contributed by atoms with E-state index in [1.165, 1.54) is 0 Å². The molecule has 88 valence electrons. The Morgan fingerprint density at radius 2 is 1.82 bits per heavy atom. The zero-order chi connectivity index (χ0) is 12.6. The van der Waals surface area contributed by atoms with Crippen LogP contribution in [0.25, 0.3) is 11.4 Å². The maximum atomic E-state index is 6.10. The highest BCUT2D eigenvalue weighted by atomic mass is 35.5. The molecule has 0 unspecified atom stereocenters. The minimum Gasteiger partial charge on any atom is -0.383 e. The minimum atomic E-state index is 0.471. The highest BCUT2D eigenvalue weighted by Crippen LogP contribution is 2.29. The summed E-state index contributed by atoms with van der Waals surface area (Å²) in [7, 11) is 0. The molecule has 0 atom stereocenters. The fourth-order valence-corrected chi connectivity index (χ4v) is 1.94. The van der Waals surface area contributed by atoms with Crippen LogP contribution in [-0.2, 0) is 0 Å². The fraction of sp³-hybridized carbons (Fsp3) is 0.167. The first-order chi connectivity index (χ1) is 7.99. The van der Waals surface area contributed by atoms with Gasteiger partial charge in [-0.1, -0.05) is 23.2 Å². The van der Waals surface area contributed by atoms with E-state index in [1.807, 2.05) is 13.8 Å². The summed E-state index contributed by atoms with van der Waals surface area (Å²) in [6.07, 6.45) is 0. The van der Waals surface area contributed by atoms with Crippen molar-refractivity contribution in [2.75, 3.05) is 5.73 Å². The molecular formula is C12H11Cl2N3. The normalized spacial score (nSPS) is 10.6. The molecule has 0 spiro atoms. The van der Waals surface area contributed by atoms with Crippen LogP contribution in [0.4, 0.5) is 5.82 Å². The monoisotopic (exact) mass is 267 g/mol. The van der Waals surface area contributed by atoms with Crippen LogP contribution in [0, 0.1) is 13.8 Å². The first-order valence-electron chi connectivity index (χ1n) is 5.05. The van der Waals surface area contributed by atoms with Crippen LogP contribution < -0.4 is 5.73 Å². The molecule has 2 aromatic rings. The van der Waals surface area contributed by atoms with E-state index in [2.05, 4.69) is 9.97 Å². The molecule has 0 radical (unpaired) electrons. The molecule has 1 heterocycles. The predicted octanol–water partition coefficient (Wildman–Crippen LogP) is 3.65. The highest BCUT2D eigenvalue weighted by molar-refractivity contribution is 6.36. The van der Waals surface area contributed by atoms with Gasteiger partial charge in [-0.3, -0.25) is 0 Å². The molecule has 0 aliphatic rings. The number of nitrogens with two attached hydrogens (primary N) is 1. The Morgan fingerprint density at radius 3 is 2.41 bits per heavy atom. The van der Waals surface area contributed by atoms with E-state index in [1.54, 1.807) is 18.2 Å². The summed E-state index contributed by atoms with van der Waals surface area (Å²) in [5, 5.41) is 1.09. The van der Waals surface area contributed by atoms with Crippen molar-refractivity contribution in [2.24, 2.45) is 0 Å². The van der Waals surface area contributed by atoms with Gasteiger partial charge < -0.3 is 5.73 Å². The van der Waals surface area contributed by atoms with Crippen LogP contribution >= 0.6 is 23.2 Å². The second kappa shape index (κ2) is 4.51. The van der Waals surface area contributed by atoms with Gasteiger partial charge in [-0.05, 0) is 32.0 Å². The van der Waals surface area contributed by atoms with Gasteiger partial charge in [0.25, 0.3) is 0 Å². The number of aryl methyl sites for hydroxylation is 1. The van der Waals surface area contributed by atoms with Crippen LogP contribution in [0.5, 0.6) is 0 Å². The van der Waals surface area contributed by atoms with Gasteiger partial charge in [0.2, 0.25) is 0 Å². The van der Waals surface area contributed by atoms with Crippen molar-refractivity contribution >= 4 is 29.0 Å². The van der Waals surface area contributed by atoms with Crippen LogP contribution in [0.1, 0.15) is 11.3 Å². The quantitative estimate of drug-likeness (QED) is 0.858. The maximum absolute atomic E-state index is 6.10. The average molecular weight is 268 g/mol. The SMILES string of the molecule is Cc1nc(-c2ccc(Cl)cc2Cl)nc(N)c1C. The largest absolute Gasteiger partial charge is 0.383 e. The van der Waals surface area contributed by atoms with Gasteiger partial charge in [0, 0.05) is 21.8 Å². The summed E-state index contributed by atoms with van der Waals surface area (Å²) >= 11 is 11.9. The number of nitrogen functional groups attached to an aromatic ring is 1. The third kappa shape index (κ3) is 2.35. The molecule has 2 rings (SSSR count). The second-order valence-corrected chi connectivity index (χ2v) is 4.61. The third-order valence-electron chi connectivity index (χ3n) is 2.60. The van der Waals surface area contributed by atoms with E-state index in [0.717, 1.165) is 16.8 Å². The van der Waals surface area contributed by atoms with Crippen molar-refractivity contribution in [1.82, 2.24) is 9.97 Å². The van der Waals surface area contributed by atoms with Gasteiger partial charge in [0.1, 0.15) is 5.82 Å². The van der Waals surface area contributed by atoms with Crippen molar-refractivity contribution in [3.8, 4) is 11.4 Å². The number of hydrogen-bond acceptors (Lipinski definition) is 3. The smallest absolute Gasteiger partial charge is 0.163 e. The number of anilines is 1. The number of rotatable bonds is 1. The molecule has 0 amide bonds. The van der Waals surface area contributed by atoms with Crippen LogP contribution in [0.3, 0.4) is 0 Å². The fourth-order valence-electron chi connectivity index (χ4n) is 1.44. The highest BCUT2D eigenvalue weighted by Gasteiger charge is 2.10. The Labute approximate surface area is 110 Å². The standard InChI is InChI=1S/C12H11Cl2N3/c1-6-7(2)16-12(17-11(6)15)9-4-3-8(13)5-10(9)14/h3-5H,1-2H3,(H2,15,16,17). The van der Waals surface area contributed by atoms with E-state index >= 15 is 0 Å². The molecule has 5 heteroatoms. The number of nitrogens with zero attached hydrogens (tertiary/aromatic N) is 2. The molecule has 0 aliphatic heterocycles. The zero-order valence-corrected chi connectivity index (χ0v) is 11.0. The first-order valence-corrected chi connectivity index (χ1v) is 5.81. The molecule has 1 aromatic heterocycles. The number of halogens is 2. The summed E-state index contributed by atoms with van der Waals surface area (Å²) in [4.78, 5) is 8.61. The van der Waals surface area contributed by atoms with E-state index in [-0.39, 0.29) is 0 Å². The Hall–Kier alpha value is -1.32. The van der Waals surface area contributed by atoms with E-state index in [0.29, 0.717) is 21.7 Å². The lowest BCUT2D eigenvalue weighted by Crippen LogP contribution is -2.02. The molecule has 0 fully saturated rings. The van der Waals surface area contributed by atoms with Gasteiger partial charge in [-0.25, -0.2) is 9.97 Å². The van der Waals surface area contributed by atoms with E-state index in [4.69, 9.17) is 28.9 Å². The van der Waals surface area contributed by atoms with Crippen molar-refractivity contribution in [2.45, 2.75) is 13.8 Å². The van der Waals surface area contributed by atoms with E-state index < -0.39 is 0 Å². The minimum absolute atomic E-state index is 0.471. The lowest BCUT2D eigenvalue weighted by atomic mass is 10.2. The lowest BCUT2D eigenvalue weighted by molar-refractivity contribution is 1.08. The summed E-state index contributed by atoms with van der Waals surface area (Å²) < 4.78 is 0. The predicted molar refractivity (Wildman–Crippen MR) is 71.4 cm³/mol. The van der Waals surface area contributed by atoms with Gasteiger partial charge in [0.05, 0.1) is 5.02 Å². The third-order valence-corrected chi connectivity index (χ3v) is 3.15. The maximum Gasteiger partial charge on any atom is 0.163 e. The number of aromatic nitrogens is 2. The molecular weight excluding hydrogens is 257 g/mol. The van der Waals surface area contributed by atoms with Crippen molar-refractivity contribution in [1.29, 1.82) is 0 Å². The van der Waals surface area contributed by atoms with Gasteiger partial charge in [0.15, 0.2) is 5.82 Å². The van der Waals surface area contributed by atoms with Crippen molar-refractivity contribution < 1.29 is 0 Å². The molecule has 2 N–H and O–H groups in total. The Balaban J connectivity index is 2.61. The Morgan fingerprint density at radius 1 is 1.12 bits per heavy atom. The number of hydrogen-bond donors (Lipinski definition) is 1. The van der Waals surface area contributed by atoms with Crippen LogP contribution in [0.15, 0.2) is 18.2 Å². The van der Waals surface area contributed by atoms with Crippen LogP contribution in [-0.4, -0.2) is 9.97 Å². The topological polar surface area (TPSA) is 51.8 Å². The van der Waals surface area contributed by atoms with Gasteiger partial charge >= 0.3 is 0 Å². The summed E-state index contributed by atoms with van der Waals surface area (Å²) in [5.74, 6) is 0.991. The Bertz CT molecular complexity index is 559. The number of benzene rings is 1. The molecule has 17 heavy (non-hydrogen) atoms.